The highest BCUT2D eigenvalue weighted by atomic mass is 127. The molecule has 1 N–H and O–H groups in total. The first kappa shape index (κ1) is 10.4. The predicted octanol–water partition coefficient (Wildman–Crippen LogP) is 0.449. The monoisotopic (exact) mass is 307 g/mol. The molecule has 5 heteroatoms. The van der Waals surface area contributed by atoms with Crippen molar-refractivity contribution in [3.8, 4) is 0 Å². The summed E-state index contributed by atoms with van der Waals surface area (Å²) in [4.78, 5) is 2.33. The molecule has 1 saturated heterocycles. The summed E-state index contributed by atoms with van der Waals surface area (Å²) in [6, 6.07) is 0. The average molecular weight is 307 g/mol. The summed E-state index contributed by atoms with van der Waals surface area (Å²) in [7, 11) is 1.96. The van der Waals surface area contributed by atoms with Crippen LogP contribution in [0.1, 0.15) is 5.56 Å². The zero-order valence-corrected chi connectivity index (χ0v) is 10.3. The molecule has 2 heterocycles. The summed E-state index contributed by atoms with van der Waals surface area (Å²) >= 11 is 2.31. The molecule has 1 aromatic rings. The van der Waals surface area contributed by atoms with Gasteiger partial charge < -0.3 is 5.11 Å². The third-order valence-electron chi connectivity index (χ3n) is 2.62. The van der Waals surface area contributed by atoms with Crippen LogP contribution in [0.25, 0.3) is 0 Å². The Morgan fingerprint density at radius 2 is 2.36 bits per heavy atom. The normalized spacial score (nSPS) is 18.5. The third kappa shape index (κ3) is 1.94. The molecule has 1 aliphatic heterocycles. The Morgan fingerprint density at radius 1 is 1.64 bits per heavy atom. The van der Waals surface area contributed by atoms with Gasteiger partial charge in [0.1, 0.15) is 3.70 Å². The largest absolute Gasteiger partial charge is 0.396 e. The number of aryl methyl sites for hydroxylation is 1. The summed E-state index contributed by atoms with van der Waals surface area (Å²) in [5.41, 5.74) is 1.28. The highest BCUT2D eigenvalue weighted by Gasteiger charge is 2.26. The van der Waals surface area contributed by atoms with Crippen molar-refractivity contribution in [2.24, 2.45) is 13.0 Å². The van der Waals surface area contributed by atoms with E-state index in [9.17, 15) is 0 Å². The lowest BCUT2D eigenvalue weighted by atomic mass is 10.0. The van der Waals surface area contributed by atoms with Crippen LogP contribution in [0.2, 0.25) is 0 Å². The van der Waals surface area contributed by atoms with Gasteiger partial charge in [0.15, 0.2) is 0 Å². The van der Waals surface area contributed by atoms with Crippen LogP contribution in [0.15, 0.2) is 6.20 Å². The summed E-state index contributed by atoms with van der Waals surface area (Å²) in [5.74, 6) is 0.490. The number of rotatable bonds is 3. The lowest BCUT2D eigenvalue weighted by Gasteiger charge is -2.38. The lowest BCUT2D eigenvalue weighted by molar-refractivity contribution is 0.0477. The number of halogens is 1. The number of hydrogen-bond donors (Lipinski definition) is 1. The second-order valence-corrected chi connectivity index (χ2v) is 4.85. The molecule has 0 aliphatic carbocycles. The number of aromatic nitrogens is 2. The maximum Gasteiger partial charge on any atom is 0.103 e. The highest BCUT2D eigenvalue weighted by Crippen LogP contribution is 2.20. The van der Waals surface area contributed by atoms with Crippen LogP contribution in [-0.4, -0.2) is 39.5 Å². The smallest absolute Gasteiger partial charge is 0.103 e. The Kier molecular flexibility index (Phi) is 3.08. The van der Waals surface area contributed by atoms with Gasteiger partial charge >= 0.3 is 0 Å². The fourth-order valence-corrected chi connectivity index (χ4v) is 2.17. The molecule has 78 valence electrons. The second-order valence-electron chi connectivity index (χ2n) is 3.83. The van der Waals surface area contributed by atoms with Gasteiger partial charge in [-0.05, 0) is 22.6 Å². The Bertz CT molecular complexity index is 320. The van der Waals surface area contributed by atoms with Crippen molar-refractivity contribution in [3.63, 3.8) is 0 Å². The number of aliphatic hydroxyl groups excluding tert-OH is 1. The van der Waals surface area contributed by atoms with E-state index in [4.69, 9.17) is 5.11 Å². The van der Waals surface area contributed by atoms with Gasteiger partial charge in [0, 0.05) is 44.8 Å². The van der Waals surface area contributed by atoms with Crippen LogP contribution in [0, 0.1) is 9.62 Å². The standard InChI is InChI=1S/C9H14IN3O/c1-12-9(10)8(2-11-12)5-13-3-7(4-13)6-14/h2,7,14H,3-6H2,1H3. The molecule has 1 aromatic heterocycles. The maximum atomic E-state index is 8.88. The number of aliphatic hydroxyl groups is 1. The fourth-order valence-electron chi connectivity index (χ4n) is 1.74. The molecule has 0 spiro atoms. The van der Waals surface area contributed by atoms with Crippen molar-refractivity contribution < 1.29 is 5.11 Å². The van der Waals surface area contributed by atoms with E-state index < -0.39 is 0 Å². The quantitative estimate of drug-likeness (QED) is 0.825. The van der Waals surface area contributed by atoms with Gasteiger partial charge in [-0.15, -0.1) is 0 Å². The average Bonchev–Trinajstić information content (AvgIpc) is 2.41. The van der Waals surface area contributed by atoms with Crippen LogP contribution in [0.3, 0.4) is 0 Å². The number of likely N-dealkylation sites (tertiary alicyclic amines) is 1. The molecule has 1 fully saturated rings. The molecular weight excluding hydrogens is 293 g/mol. The van der Waals surface area contributed by atoms with Crippen LogP contribution < -0.4 is 0 Å². The minimum Gasteiger partial charge on any atom is -0.396 e. The summed E-state index contributed by atoms with van der Waals surface area (Å²) in [5, 5.41) is 13.1. The molecule has 0 bridgehead atoms. The summed E-state index contributed by atoms with van der Waals surface area (Å²) in [6.45, 7) is 3.31. The van der Waals surface area contributed by atoms with Crippen molar-refractivity contribution in [1.82, 2.24) is 14.7 Å². The van der Waals surface area contributed by atoms with E-state index in [-0.39, 0.29) is 0 Å². The van der Waals surface area contributed by atoms with Gasteiger partial charge in [-0.25, -0.2) is 0 Å². The SMILES string of the molecule is Cn1ncc(CN2CC(CO)C2)c1I. The molecule has 2 rings (SSSR count). The van der Waals surface area contributed by atoms with Crippen molar-refractivity contribution >= 4 is 22.6 Å². The van der Waals surface area contributed by atoms with Crippen molar-refractivity contribution in [3.05, 3.63) is 15.5 Å². The highest BCUT2D eigenvalue weighted by molar-refractivity contribution is 14.1. The number of nitrogens with zero attached hydrogens (tertiary/aromatic N) is 3. The van der Waals surface area contributed by atoms with E-state index in [0.29, 0.717) is 12.5 Å². The zero-order chi connectivity index (χ0) is 10.1. The predicted molar refractivity (Wildman–Crippen MR) is 61.8 cm³/mol. The Hall–Kier alpha value is -0.140. The molecule has 1 aliphatic rings. The van der Waals surface area contributed by atoms with E-state index in [2.05, 4.69) is 32.6 Å². The Labute approximate surface area is 97.0 Å². The summed E-state index contributed by atoms with van der Waals surface area (Å²) in [6.07, 6.45) is 1.92. The van der Waals surface area contributed by atoms with Gasteiger partial charge in [-0.3, -0.25) is 9.58 Å². The maximum absolute atomic E-state index is 8.88. The fraction of sp³-hybridized carbons (Fsp3) is 0.667. The minimum atomic E-state index is 0.320. The van der Waals surface area contributed by atoms with Crippen LogP contribution >= 0.6 is 22.6 Å². The molecular formula is C9H14IN3O. The number of hydrogen-bond acceptors (Lipinski definition) is 3. The van der Waals surface area contributed by atoms with E-state index in [1.54, 1.807) is 0 Å². The molecule has 0 aromatic carbocycles. The molecule has 0 atom stereocenters. The molecule has 0 unspecified atom stereocenters. The Balaban J connectivity index is 1.90. The molecule has 0 saturated carbocycles. The van der Waals surface area contributed by atoms with Crippen molar-refractivity contribution in [1.29, 1.82) is 0 Å². The van der Waals surface area contributed by atoms with Crippen molar-refractivity contribution in [2.75, 3.05) is 19.7 Å². The van der Waals surface area contributed by atoms with Crippen LogP contribution in [-0.2, 0) is 13.6 Å². The lowest BCUT2D eigenvalue weighted by Crippen LogP contribution is -2.47. The van der Waals surface area contributed by atoms with E-state index >= 15 is 0 Å². The van der Waals surface area contributed by atoms with E-state index in [1.165, 1.54) is 9.26 Å². The first-order chi connectivity index (χ1) is 6.70. The second kappa shape index (κ2) is 4.16. The van der Waals surface area contributed by atoms with Crippen LogP contribution in [0.5, 0.6) is 0 Å². The minimum absolute atomic E-state index is 0.320. The zero-order valence-electron chi connectivity index (χ0n) is 8.15. The summed E-state index contributed by atoms with van der Waals surface area (Å²) < 4.78 is 3.09. The molecule has 0 amide bonds. The third-order valence-corrected chi connectivity index (χ3v) is 4.01. The van der Waals surface area contributed by atoms with Crippen LogP contribution in [0.4, 0.5) is 0 Å². The van der Waals surface area contributed by atoms with E-state index in [0.717, 1.165) is 19.6 Å². The van der Waals surface area contributed by atoms with E-state index in [1.807, 2.05) is 17.9 Å². The van der Waals surface area contributed by atoms with Gasteiger partial charge in [-0.1, -0.05) is 0 Å². The first-order valence-electron chi connectivity index (χ1n) is 4.70. The van der Waals surface area contributed by atoms with Gasteiger partial charge in [0.05, 0.1) is 6.20 Å². The van der Waals surface area contributed by atoms with Gasteiger partial charge in [-0.2, -0.15) is 5.10 Å². The first-order valence-corrected chi connectivity index (χ1v) is 5.78. The topological polar surface area (TPSA) is 41.3 Å². The van der Waals surface area contributed by atoms with Gasteiger partial charge in [0.25, 0.3) is 0 Å². The molecule has 4 nitrogen and oxygen atoms in total. The van der Waals surface area contributed by atoms with Gasteiger partial charge in [0.2, 0.25) is 0 Å². The molecule has 14 heavy (non-hydrogen) atoms. The molecule has 0 radical (unpaired) electrons. The Morgan fingerprint density at radius 3 is 2.86 bits per heavy atom. The van der Waals surface area contributed by atoms with Crippen molar-refractivity contribution in [2.45, 2.75) is 6.54 Å².